The smallest absolute Gasteiger partial charge is 0.314 e. The van der Waals surface area contributed by atoms with Crippen LogP contribution in [0.5, 0.6) is 0 Å². The van der Waals surface area contributed by atoms with E-state index in [1.807, 2.05) is 6.92 Å². The maximum Gasteiger partial charge on any atom is 0.314 e. The largest absolute Gasteiger partial charge is 0.378 e. The second kappa shape index (κ2) is 8.75. The Morgan fingerprint density at radius 3 is 2.32 bits per heavy atom. The Morgan fingerprint density at radius 1 is 1.28 bits per heavy atom. The highest BCUT2D eigenvalue weighted by molar-refractivity contribution is 14.0. The average Bonchev–Trinajstić information content (AvgIpc) is 2.54. The molecule has 2 unspecified atom stereocenters. The number of piperidine rings is 1. The van der Waals surface area contributed by atoms with E-state index in [1.54, 1.807) is 12.0 Å². The number of carbonyl (C=O) groups is 1. The van der Waals surface area contributed by atoms with Crippen molar-refractivity contribution in [2.45, 2.75) is 64.6 Å². The number of likely N-dealkylation sites (tertiary alicyclic amines) is 1. The molecule has 0 radical (unpaired) electrons. The Kier molecular flexibility index (Phi) is 7.79. The van der Waals surface area contributed by atoms with Crippen LogP contribution in [0, 0.1) is 5.41 Å². The van der Waals surface area contributed by atoms with Crippen LogP contribution in [0.15, 0.2) is 4.99 Å². The molecule has 1 heterocycles. The summed E-state index contributed by atoms with van der Waals surface area (Å²) in [4.78, 5) is 17.5. The molecule has 25 heavy (non-hydrogen) atoms. The van der Waals surface area contributed by atoms with Crippen molar-refractivity contribution in [1.82, 2.24) is 15.5 Å². The van der Waals surface area contributed by atoms with Gasteiger partial charge in [-0.3, -0.25) is 4.99 Å². The predicted octanol–water partition coefficient (Wildman–Crippen LogP) is 1.91. The lowest BCUT2D eigenvalue weighted by atomic mass is 9.56. The van der Waals surface area contributed by atoms with E-state index < -0.39 is 0 Å². The maximum absolute atomic E-state index is 11.2. The number of carbonyl (C=O) groups excluding carboxylic acids is 1. The van der Waals surface area contributed by atoms with Crippen LogP contribution in [-0.2, 0) is 4.74 Å². The number of amides is 2. The molecule has 0 aromatic heterocycles. The highest BCUT2D eigenvalue weighted by Crippen LogP contribution is 2.51. The van der Waals surface area contributed by atoms with Gasteiger partial charge in [0.05, 0.1) is 5.60 Å². The lowest BCUT2D eigenvalue weighted by Crippen LogP contribution is -2.70. The Balaban J connectivity index is 0.00000312. The first-order valence-electron chi connectivity index (χ1n) is 8.90. The topological polar surface area (TPSA) is 92.0 Å². The standard InChI is InChI=1S/C17H33N5O2.HI/c1-6-19-15(20-12-7-9-22(10-8-12)14(18)23)21-13-11-17(4,24-5)16(13,2)3;/h12-13H,6-11H2,1-5H3,(H2,18,23)(H2,19,20,21);1H. The van der Waals surface area contributed by atoms with E-state index in [2.05, 4.69) is 36.4 Å². The van der Waals surface area contributed by atoms with E-state index in [4.69, 9.17) is 10.5 Å². The molecule has 2 aliphatic rings. The van der Waals surface area contributed by atoms with Crippen LogP contribution in [0.2, 0.25) is 0 Å². The van der Waals surface area contributed by atoms with Crippen molar-refractivity contribution < 1.29 is 9.53 Å². The van der Waals surface area contributed by atoms with Crippen molar-refractivity contribution in [3.63, 3.8) is 0 Å². The molecule has 8 heteroatoms. The first kappa shape index (κ1) is 22.3. The molecule has 2 atom stereocenters. The van der Waals surface area contributed by atoms with Gasteiger partial charge in [0, 0.05) is 44.2 Å². The number of primary amides is 1. The van der Waals surface area contributed by atoms with E-state index >= 15 is 0 Å². The molecule has 2 amide bonds. The van der Waals surface area contributed by atoms with Crippen LogP contribution in [0.4, 0.5) is 4.79 Å². The normalized spacial score (nSPS) is 29.4. The Morgan fingerprint density at radius 2 is 1.88 bits per heavy atom. The first-order chi connectivity index (χ1) is 11.2. The van der Waals surface area contributed by atoms with Crippen molar-refractivity contribution in [2.75, 3.05) is 26.7 Å². The molecule has 1 saturated carbocycles. The lowest BCUT2D eigenvalue weighted by molar-refractivity contribution is -0.176. The second-order valence-electron chi connectivity index (χ2n) is 7.62. The van der Waals surface area contributed by atoms with Gasteiger partial charge < -0.3 is 26.0 Å². The quantitative estimate of drug-likeness (QED) is 0.335. The minimum absolute atomic E-state index is 0. The number of rotatable bonds is 4. The molecule has 2 fully saturated rings. The molecule has 1 aliphatic carbocycles. The van der Waals surface area contributed by atoms with E-state index in [0.717, 1.165) is 31.8 Å². The number of hydrogen-bond donors (Lipinski definition) is 3. The van der Waals surface area contributed by atoms with Crippen LogP contribution in [-0.4, -0.2) is 61.3 Å². The summed E-state index contributed by atoms with van der Waals surface area (Å²) in [5.41, 5.74) is 5.27. The van der Waals surface area contributed by atoms with Crippen LogP contribution in [0.1, 0.15) is 47.0 Å². The predicted molar refractivity (Wildman–Crippen MR) is 111 cm³/mol. The Bertz CT molecular complexity index is 491. The third-order valence-electron chi connectivity index (χ3n) is 6.05. The lowest BCUT2D eigenvalue weighted by Gasteiger charge is -2.59. The monoisotopic (exact) mass is 467 g/mol. The van der Waals surface area contributed by atoms with Crippen LogP contribution >= 0.6 is 24.0 Å². The van der Waals surface area contributed by atoms with Crippen LogP contribution in [0.3, 0.4) is 0 Å². The SMILES string of the molecule is CCN=C(NC1CCN(C(N)=O)CC1)NC1CC(C)(OC)C1(C)C.I. The van der Waals surface area contributed by atoms with Crippen molar-refractivity contribution in [1.29, 1.82) is 0 Å². The number of guanidine groups is 1. The fraction of sp³-hybridized carbons (Fsp3) is 0.882. The summed E-state index contributed by atoms with van der Waals surface area (Å²) in [6.07, 6.45) is 2.73. The van der Waals surface area contributed by atoms with Gasteiger partial charge in [0.25, 0.3) is 0 Å². The molecule has 2 rings (SSSR count). The number of methoxy groups -OCH3 is 1. The fourth-order valence-electron chi connectivity index (χ4n) is 3.62. The third-order valence-corrected chi connectivity index (χ3v) is 6.05. The van der Waals surface area contributed by atoms with Gasteiger partial charge in [-0.2, -0.15) is 0 Å². The fourth-order valence-corrected chi connectivity index (χ4v) is 3.62. The summed E-state index contributed by atoms with van der Waals surface area (Å²) in [7, 11) is 1.78. The number of nitrogens with zero attached hydrogens (tertiary/aromatic N) is 2. The van der Waals surface area contributed by atoms with Gasteiger partial charge in [-0.15, -0.1) is 24.0 Å². The summed E-state index contributed by atoms with van der Waals surface area (Å²) >= 11 is 0. The molecule has 0 aromatic rings. The minimum atomic E-state index is -0.330. The number of urea groups is 1. The Hall–Kier alpha value is -0.770. The number of nitrogens with one attached hydrogen (secondary N) is 2. The summed E-state index contributed by atoms with van der Waals surface area (Å²) in [5.74, 6) is 0.853. The summed E-state index contributed by atoms with van der Waals surface area (Å²) in [5, 5.41) is 7.09. The number of ether oxygens (including phenoxy) is 1. The minimum Gasteiger partial charge on any atom is -0.378 e. The zero-order valence-corrected chi connectivity index (χ0v) is 18.4. The van der Waals surface area contributed by atoms with Crippen molar-refractivity contribution in [3.05, 3.63) is 0 Å². The highest BCUT2D eigenvalue weighted by Gasteiger charge is 2.58. The summed E-state index contributed by atoms with van der Waals surface area (Å²) in [6.45, 7) is 10.8. The number of aliphatic imine (C=N–C) groups is 1. The van der Waals surface area contributed by atoms with E-state index in [0.29, 0.717) is 25.2 Å². The van der Waals surface area contributed by atoms with Gasteiger partial charge in [0.2, 0.25) is 0 Å². The average molecular weight is 467 g/mol. The number of nitrogens with two attached hydrogens (primary N) is 1. The number of hydrogen-bond acceptors (Lipinski definition) is 3. The molecule has 1 saturated heterocycles. The zero-order valence-electron chi connectivity index (χ0n) is 16.1. The third kappa shape index (κ3) is 4.69. The highest BCUT2D eigenvalue weighted by atomic mass is 127. The molecular weight excluding hydrogens is 433 g/mol. The van der Waals surface area contributed by atoms with E-state index in [9.17, 15) is 4.79 Å². The van der Waals surface area contributed by atoms with Gasteiger partial charge >= 0.3 is 6.03 Å². The van der Waals surface area contributed by atoms with Gasteiger partial charge in [0.1, 0.15) is 0 Å². The first-order valence-corrected chi connectivity index (χ1v) is 8.90. The maximum atomic E-state index is 11.2. The molecule has 1 aliphatic heterocycles. The Labute approximate surface area is 168 Å². The zero-order chi connectivity index (χ0) is 18.0. The molecule has 0 spiro atoms. The second-order valence-corrected chi connectivity index (χ2v) is 7.62. The van der Waals surface area contributed by atoms with Crippen LogP contribution in [0.25, 0.3) is 0 Å². The number of halogens is 1. The van der Waals surface area contributed by atoms with Gasteiger partial charge in [-0.25, -0.2) is 4.79 Å². The van der Waals surface area contributed by atoms with Crippen molar-refractivity contribution in [3.8, 4) is 0 Å². The molecule has 0 bridgehead atoms. The van der Waals surface area contributed by atoms with E-state index in [1.165, 1.54) is 0 Å². The molecule has 0 aromatic carbocycles. The van der Waals surface area contributed by atoms with Crippen LogP contribution < -0.4 is 16.4 Å². The van der Waals surface area contributed by atoms with Crippen molar-refractivity contribution >= 4 is 36.0 Å². The molecular formula is C17H34IN5O2. The summed E-state index contributed by atoms with van der Waals surface area (Å²) in [6, 6.07) is 0.311. The molecule has 7 nitrogen and oxygen atoms in total. The van der Waals surface area contributed by atoms with Crippen molar-refractivity contribution in [2.24, 2.45) is 16.1 Å². The van der Waals surface area contributed by atoms with Gasteiger partial charge in [0.15, 0.2) is 5.96 Å². The summed E-state index contributed by atoms with van der Waals surface area (Å²) < 4.78 is 5.70. The molecule has 146 valence electrons. The van der Waals surface area contributed by atoms with Gasteiger partial charge in [-0.1, -0.05) is 13.8 Å². The molecule has 4 N–H and O–H groups in total. The van der Waals surface area contributed by atoms with E-state index in [-0.39, 0.29) is 41.0 Å². The van der Waals surface area contributed by atoms with Gasteiger partial charge in [-0.05, 0) is 33.1 Å².